The van der Waals surface area contributed by atoms with Crippen LogP contribution in [-0.2, 0) is 23.2 Å². The van der Waals surface area contributed by atoms with Crippen LogP contribution in [0.1, 0.15) is 71.7 Å². The van der Waals surface area contributed by atoms with Gasteiger partial charge in [-0.05, 0) is 57.1 Å². The smallest absolute Gasteiger partial charge is 0.224 e. The van der Waals surface area contributed by atoms with Gasteiger partial charge in [-0.3, -0.25) is 14.4 Å². The molecule has 6 nitrogen and oxygen atoms in total. The molecule has 0 radical (unpaired) electrons. The van der Waals surface area contributed by atoms with Crippen LogP contribution in [0.2, 0.25) is 5.02 Å². The largest absolute Gasteiger partial charge is 0.353 e. The Bertz CT molecular complexity index is 1360. The van der Waals surface area contributed by atoms with Crippen LogP contribution in [0.3, 0.4) is 0 Å². The van der Waals surface area contributed by atoms with E-state index in [1.807, 2.05) is 25.1 Å². The number of nitrogens with zero attached hydrogens (tertiary/aromatic N) is 4. The lowest BCUT2D eigenvalue weighted by molar-refractivity contribution is -0.125. The third-order valence-electron chi connectivity index (χ3n) is 7.89. The van der Waals surface area contributed by atoms with E-state index in [1.165, 1.54) is 23.3 Å². The highest BCUT2D eigenvalue weighted by Gasteiger charge is 2.52. The van der Waals surface area contributed by atoms with E-state index in [0.29, 0.717) is 11.1 Å². The molecule has 1 amide bonds. The normalized spacial score (nSPS) is 22.2. The Hall–Kier alpha value is -2.51. The second-order valence-corrected chi connectivity index (χ2v) is 11.6. The van der Waals surface area contributed by atoms with Crippen LogP contribution in [0, 0.1) is 12.8 Å². The molecular weight excluding hydrogens is 466 g/mol. The molecule has 8 heteroatoms. The monoisotopic (exact) mass is 491 g/mol. The van der Waals surface area contributed by atoms with Crippen LogP contribution in [-0.4, -0.2) is 32.4 Å². The Labute approximate surface area is 207 Å². The SMILES string of the molecule is Cc1nnc2n1-c1sc3c(c1C(c1ccccc1Cl)=NC21CC1)C[C@H](C(=O)NC1CCCC1)C3. The molecular formula is C26H26ClN5OS. The molecule has 1 aromatic carbocycles. The highest BCUT2D eigenvalue weighted by Crippen LogP contribution is 2.54. The fraction of sp³-hybridized carbons (Fsp3) is 0.462. The van der Waals surface area contributed by atoms with E-state index in [9.17, 15) is 4.79 Å². The molecule has 0 bridgehead atoms. The zero-order valence-corrected chi connectivity index (χ0v) is 20.7. The number of hydrogen-bond acceptors (Lipinski definition) is 5. The van der Waals surface area contributed by atoms with Crippen molar-refractivity contribution in [2.45, 2.75) is 69.9 Å². The van der Waals surface area contributed by atoms with Crippen LogP contribution in [0.15, 0.2) is 29.3 Å². The predicted molar refractivity (Wildman–Crippen MR) is 133 cm³/mol. The average Bonchev–Trinajstić information content (AvgIpc) is 3.21. The van der Waals surface area contributed by atoms with E-state index in [1.54, 1.807) is 11.3 Å². The van der Waals surface area contributed by atoms with Crippen LogP contribution >= 0.6 is 22.9 Å². The number of fused-ring (bicyclic) bond motifs is 6. The quantitative estimate of drug-likeness (QED) is 0.566. The number of halogens is 1. The number of benzene rings is 1. The molecule has 3 aliphatic carbocycles. The maximum Gasteiger partial charge on any atom is 0.224 e. The van der Waals surface area contributed by atoms with Gasteiger partial charge in [0.15, 0.2) is 5.82 Å². The number of aromatic nitrogens is 3. The zero-order chi connectivity index (χ0) is 23.0. The summed E-state index contributed by atoms with van der Waals surface area (Å²) >= 11 is 8.50. The molecule has 7 rings (SSSR count). The number of carbonyl (C=O) groups is 1. The molecule has 0 unspecified atom stereocenters. The Balaban J connectivity index is 1.36. The molecule has 1 N–H and O–H groups in total. The average molecular weight is 492 g/mol. The summed E-state index contributed by atoms with van der Waals surface area (Å²) in [4.78, 5) is 19.8. The Morgan fingerprint density at radius 3 is 2.74 bits per heavy atom. The molecule has 174 valence electrons. The van der Waals surface area contributed by atoms with Crippen molar-refractivity contribution in [2.24, 2.45) is 10.9 Å². The topological polar surface area (TPSA) is 72.2 Å². The third-order valence-corrected chi connectivity index (χ3v) is 9.46. The van der Waals surface area contributed by atoms with E-state index in [-0.39, 0.29) is 17.4 Å². The standard InChI is InChI=1S/C26H26ClN5OS/c1-14-30-31-25-26(10-11-26)29-22(17-8-4-5-9-19(17)27)21-18-12-15(13-20(18)34-24(21)32(14)25)23(33)28-16-6-2-3-7-16/h4-5,8-9,15-16H,2-3,6-7,10-13H2,1H3,(H,28,33)/t15-/m0/s1. The van der Waals surface area contributed by atoms with Gasteiger partial charge in [-0.1, -0.05) is 42.6 Å². The molecule has 2 aromatic heterocycles. The summed E-state index contributed by atoms with van der Waals surface area (Å²) in [5.41, 5.74) is 3.93. The molecule has 3 heterocycles. The second kappa shape index (κ2) is 7.49. The van der Waals surface area contributed by atoms with Crippen molar-refractivity contribution in [3.63, 3.8) is 0 Å². The minimum Gasteiger partial charge on any atom is -0.353 e. The van der Waals surface area contributed by atoms with E-state index in [4.69, 9.17) is 16.6 Å². The minimum atomic E-state index is -0.334. The molecule has 3 aromatic rings. The van der Waals surface area contributed by atoms with Crippen molar-refractivity contribution in [1.29, 1.82) is 0 Å². The lowest BCUT2D eigenvalue weighted by atomic mass is 9.97. The number of nitrogens with one attached hydrogen (secondary N) is 1. The van der Waals surface area contributed by atoms with E-state index in [2.05, 4.69) is 26.1 Å². The fourth-order valence-corrected chi connectivity index (χ4v) is 7.61. The van der Waals surface area contributed by atoms with Gasteiger partial charge in [0.25, 0.3) is 0 Å². The lowest BCUT2D eigenvalue weighted by Crippen LogP contribution is -2.37. The fourth-order valence-electron chi connectivity index (χ4n) is 5.93. The highest BCUT2D eigenvalue weighted by atomic mass is 35.5. The maximum absolute atomic E-state index is 13.2. The molecule has 1 spiro atoms. The number of hydrogen-bond donors (Lipinski definition) is 1. The molecule has 1 aliphatic heterocycles. The van der Waals surface area contributed by atoms with Gasteiger partial charge >= 0.3 is 0 Å². The second-order valence-electron chi connectivity index (χ2n) is 10.2. The third kappa shape index (κ3) is 3.06. The zero-order valence-electron chi connectivity index (χ0n) is 19.1. The summed E-state index contributed by atoms with van der Waals surface area (Å²) < 4.78 is 2.21. The summed E-state index contributed by atoms with van der Waals surface area (Å²) in [7, 11) is 0. The van der Waals surface area contributed by atoms with Crippen LogP contribution in [0.5, 0.6) is 0 Å². The lowest BCUT2D eigenvalue weighted by Gasteiger charge is -2.17. The number of thiophene rings is 1. The Morgan fingerprint density at radius 1 is 1.18 bits per heavy atom. The number of rotatable bonds is 3. The van der Waals surface area contributed by atoms with Crippen molar-refractivity contribution in [2.75, 3.05) is 0 Å². The number of aryl methyl sites for hydroxylation is 1. The van der Waals surface area contributed by atoms with Crippen molar-refractivity contribution in [1.82, 2.24) is 20.1 Å². The first-order chi connectivity index (χ1) is 16.5. The predicted octanol–water partition coefficient (Wildman–Crippen LogP) is 4.90. The number of amides is 1. The summed E-state index contributed by atoms with van der Waals surface area (Å²) in [5, 5.41) is 14.2. The molecule has 1 atom stereocenters. The molecule has 34 heavy (non-hydrogen) atoms. The van der Waals surface area contributed by atoms with Gasteiger partial charge in [-0.25, -0.2) is 0 Å². The van der Waals surface area contributed by atoms with Gasteiger partial charge in [0.2, 0.25) is 5.91 Å². The maximum atomic E-state index is 13.2. The first-order valence-electron chi connectivity index (χ1n) is 12.3. The van der Waals surface area contributed by atoms with Gasteiger partial charge in [-0.15, -0.1) is 21.5 Å². The first-order valence-corrected chi connectivity index (χ1v) is 13.5. The molecule has 4 aliphatic rings. The molecule has 2 fully saturated rings. The van der Waals surface area contributed by atoms with E-state index in [0.717, 1.165) is 72.0 Å². The van der Waals surface area contributed by atoms with Crippen LogP contribution in [0.4, 0.5) is 0 Å². The van der Waals surface area contributed by atoms with Gasteiger partial charge in [0.1, 0.15) is 16.4 Å². The Morgan fingerprint density at radius 2 is 1.97 bits per heavy atom. The van der Waals surface area contributed by atoms with Gasteiger partial charge in [-0.2, -0.15) is 0 Å². The van der Waals surface area contributed by atoms with E-state index < -0.39 is 0 Å². The molecule has 2 saturated carbocycles. The molecule has 0 saturated heterocycles. The summed E-state index contributed by atoms with van der Waals surface area (Å²) in [6, 6.07) is 8.31. The number of aliphatic imine (C=N–C) groups is 1. The van der Waals surface area contributed by atoms with Crippen LogP contribution < -0.4 is 5.32 Å². The van der Waals surface area contributed by atoms with Crippen molar-refractivity contribution < 1.29 is 4.79 Å². The van der Waals surface area contributed by atoms with E-state index >= 15 is 0 Å². The highest BCUT2D eigenvalue weighted by molar-refractivity contribution is 7.15. The summed E-state index contributed by atoms with van der Waals surface area (Å²) in [6.45, 7) is 2.01. The number of carbonyl (C=O) groups excluding carboxylic acids is 1. The Kier molecular flexibility index (Phi) is 4.59. The van der Waals surface area contributed by atoms with Gasteiger partial charge in [0, 0.05) is 33.0 Å². The first kappa shape index (κ1) is 20.8. The minimum absolute atomic E-state index is 0.0146. The van der Waals surface area contributed by atoms with Crippen molar-refractivity contribution in [3.05, 3.63) is 62.5 Å². The van der Waals surface area contributed by atoms with Gasteiger partial charge in [0.05, 0.1) is 5.71 Å². The summed E-state index contributed by atoms with van der Waals surface area (Å²) in [6.07, 6.45) is 8.10. The van der Waals surface area contributed by atoms with Gasteiger partial charge < -0.3 is 5.32 Å². The van der Waals surface area contributed by atoms with Crippen LogP contribution in [0.25, 0.3) is 5.00 Å². The summed E-state index contributed by atoms with van der Waals surface area (Å²) in [5.74, 6) is 2.00. The van der Waals surface area contributed by atoms with Crippen molar-refractivity contribution >= 4 is 34.6 Å². The van der Waals surface area contributed by atoms with Crippen molar-refractivity contribution in [3.8, 4) is 5.00 Å².